The maximum atomic E-state index is 12.4. The monoisotopic (exact) mass is 330 g/mol. The van der Waals surface area contributed by atoms with E-state index in [1.54, 1.807) is 42.6 Å². The predicted molar refractivity (Wildman–Crippen MR) is 97.9 cm³/mol. The van der Waals surface area contributed by atoms with E-state index in [4.69, 9.17) is 0 Å². The minimum Gasteiger partial charge on any atom is -0.321 e. The van der Waals surface area contributed by atoms with E-state index in [1.165, 1.54) is 0 Å². The number of benzene rings is 2. The van der Waals surface area contributed by atoms with Crippen molar-refractivity contribution in [1.82, 2.24) is 4.98 Å². The molecule has 0 saturated heterocycles. The van der Waals surface area contributed by atoms with Crippen LogP contribution in [0, 0.1) is 0 Å². The molecule has 0 radical (unpaired) electrons. The lowest BCUT2D eigenvalue weighted by Crippen LogP contribution is -2.12. The van der Waals surface area contributed by atoms with E-state index in [9.17, 15) is 9.59 Å². The summed E-state index contributed by atoms with van der Waals surface area (Å²) in [5.41, 5.74) is 3.29. The number of hydrogen-bond acceptors (Lipinski definition) is 3. The molecule has 4 heteroatoms. The molecular formula is C21H18N2O2. The largest absolute Gasteiger partial charge is 0.321 e. The molecular weight excluding hydrogens is 312 g/mol. The lowest BCUT2D eigenvalue weighted by molar-refractivity contribution is 0.102. The molecule has 0 fully saturated rings. The topological polar surface area (TPSA) is 59.1 Å². The number of pyridine rings is 1. The molecule has 1 aromatic heterocycles. The minimum absolute atomic E-state index is 0.0630. The first-order valence-corrected chi connectivity index (χ1v) is 8.13. The Morgan fingerprint density at radius 1 is 0.840 bits per heavy atom. The predicted octanol–water partition coefficient (Wildman–Crippen LogP) is 4.13. The number of rotatable bonds is 5. The number of carbonyl (C=O) groups excluding carboxylic acids is 2. The van der Waals surface area contributed by atoms with Gasteiger partial charge in [-0.2, -0.15) is 0 Å². The first-order chi connectivity index (χ1) is 12.2. The third kappa shape index (κ3) is 3.98. The van der Waals surface area contributed by atoms with Crippen molar-refractivity contribution in [3.8, 4) is 0 Å². The summed E-state index contributed by atoms with van der Waals surface area (Å²) in [5.74, 6) is -0.295. The third-order valence-corrected chi connectivity index (χ3v) is 3.89. The third-order valence-electron chi connectivity index (χ3n) is 3.89. The van der Waals surface area contributed by atoms with E-state index in [1.807, 2.05) is 37.3 Å². The summed E-state index contributed by atoms with van der Waals surface area (Å²) in [4.78, 5) is 28.9. The van der Waals surface area contributed by atoms with Crippen LogP contribution >= 0.6 is 0 Å². The fraction of sp³-hybridized carbons (Fsp3) is 0.0952. The van der Waals surface area contributed by atoms with E-state index in [-0.39, 0.29) is 11.7 Å². The molecule has 4 nitrogen and oxygen atoms in total. The Hall–Kier alpha value is -3.27. The lowest BCUT2D eigenvalue weighted by atomic mass is 10.0. The van der Waals surface area contributed by atoms with E-state index in [2.05, 4.69) is 10.3 Å². The van der Waals surface area contributed by atoms with Gasteiger partial charge in [-0.1, -0.05) is 49.4 Å². The molecule has 0 aliphatic carbocycles. The van der Waals surface area contributed by atoms with Gasteiger partial charge in [0.15, 0.2) is 5.78 Å². The number of ketones is 1. The number of nitrogens with one attached hydrogen (secondary N) is 1. The molecule has 2 aromatic carbocycles. The molecule has 25 heavy (non-hydrogen) atoms. The number of aryl methyl sites for hydroxylation is 1. The van der Waals surface area contributed by atoms with Crippen molar-refractivity contribution in [2.75, 3.05) is 5.32 Å². The first-order valence-electron chi connectivity index (χ1n) is 8.13. The Kier molecular flexibility index (Phi) is 5.00. The van der Waals surface area contributed by atoms with Crippen LogP contribution in [0.15, 0.2) is 72.9 Å². The summed E-state index contributed by atoms with van der Waals surface area (Å²) in [6.07, 6.45) is 2.50. The molecule has 0 aliphatic heterocycles. The molecule has 1 amide bonds. The van der Waals surface area contributed by atoms with Crippen molar-refractivity contribution in [2.24, 2.45) is 0 Å². The van der Waals surface area contributed by atoms with Crippen molar-refractivity contribution in [3.63, 3.8) is 0 Å². The van der Waals surface area contributed by atoms with Crippen LogP contribution < -0.4 is 5.32 Å². The number of hydrogen-bond donors (Lipinski definition) is 1. The van der Waals surface area contributed by atoms with Crippen LogP contribution in [0.3, 0.4) is 0 Å². The second-order valence-electron chi connectivity index (χ2n) is 5.62. The lowest BCUT2D eigenvalue weighted by Gasteiger charge is -2.06. The summed E-state index contributed by atoms with van der Waals surface area (Å²) in [6.45, 7) is 2.03. The quantitative estimate of drug-likeness (QED) is 0.716. The van der Waals surface area contributed by atoms with Crippen LogP contribution in [0.5, 0.6) is 0 Å². The molecule has 1 N–H and O–H groups in total. The molecule has 0 bridgehead atoms. The van der Waals surface area contributed by atoms with Crippen LogP contribution in [-0.4, -0.2) is 16.7 Å². The molecule has 124 valence electrons. The zero-order valence-corrected chi connectivity index (χ0v) is 13.9. The number of carbonyl (C=O) groups is 2. The number of amides is 1. The van der Waals surface area contributed by atoms with Gasteiger partial charge in [-0.05, 0) is 30.7 Å². The molecule has 0 unspecified atom stereocenters. The maximum Gasteiger partial charge on any atom is 0.255 e. The molecule has 0 spiro atoms. The number of anilines is 1. The van der Waals surface area contributed by atoms with Crippen LogP contribution in [-0.2, 0) is 6.42 Å². The van der Waals surface area contributed by atoms with Gasteiger partial charge in [0.1, 0.15) is 0 Å². The second kappa shape index (κ2) is 7.53. The smallest absolute Gasteiger partial charge is 0.255 e. The highest BCUT2D eigenvalue weighted by molar-refractivity contribution is 6.10. The van der Waals surface area contributed by atoms with Gasteiger partial charge in [0, 0.05) is 22.4 Å². The number of nitrogens with zero attached hydrogens (tertiary/aromatic N) is 1. The van der Waals surface area contributed by atoms with Gasteiger partial charge in [-0.15, -0.1) is 0 Å². The van der Waals surface area contributed by atoms with E-state index in [0.717, 1.165) is 12.1 Å². The standard InChI is InChI=1S/C21H18N2O2/c1-2-18-12-13-19(14-22-18)23-21(25)17-10-8-16(9-11-17)20(24)15-6-4-3-5-7-15/h3-14H,2H2,1H3,(H,23,25). The fourth-order valence-corrected chi connectivity index (χ4v) is 2.44. The van der Waals surface area contributed by atoms with Crippen LogP contribution in [0.2, 0.25) is 0 Å². The highest BCUT2D eigenvalue weighted by Gasteiger charge is 2.11. The van der Waals surface area contributed by atoms with Crippen molar-refractivity contribution in [3.05, 3.63) is 95.3 Å². The van der Waals surface area contributed by atoms with Crippen molar-refractivity contribution in [2.45, 2.75) is 13.3 Å². The zero-order valence-electron chi connectivity index (χ0n) is 13.9. The van der Waals surface area contributed by atoms with Crippen LogP contribution in [0.4, 0.5) is 5.69 Å². The summed E-state index contributed by atoms with van der Waals surface area (Å²) >= 11 is 0. The SMILES string of the molecule is CCc1ccc(NC(=O)c2ccc(C(=O)c3ccccc3)cc2)cn1. The molecule has 3 aromatic rings. The summed E-state index contributed by atoms with van der Waals surface area (Å²) in [5, 5.41) is 2.80. The molecule has 0 atom stereocenters. The molecule has 1 heterocycles. The molecule has 0 saturated carbocycles. The van der Waals surface area contributed by atoms with Gasteiger partial charge in [-0.25, -0.2) is 0 Å². The van der Waals surface area contributed by atoms with E-state index < -0.39 is 0 Å². The average molecular weight is 330 g/mol. The van der Waals surface area contributed by atoms with Crippen molar-refractivity contribution < 1.29 is 9.59 Å². The Bertz CT molecular complexity index is 870. The molecule has 3 rings (SSSR count). The van der Waals surface area contributed by atoms with Gasteiger partial charge in [-0.3, -0.25) is 14.6 Å². The Morgan fingerprint density at radius 3 is 2.08 bits per heavy atom. The second-order valence-corrected chi connectivity index (χ2v) is 5.62. The average Bonchev–Trinajstić information content (AvgIpc) is 2.69. The van der Waals surface area contributed by atoms with Gasteiger partial charge in [0.25, 0.3) is 5.91 Å². The maximum absolute atomic E-state index is 12.4. The zero-order chi connectivity index (χ0) is 17.6. The Labute approximate surface area is 146 Å². The van der Waals surface area contributed by atoms with E-state index >= 15 is 0 Å². The van der Waals surface area contributed by atoms with Gasteiger partial charge >= 0.3 is 0 Å². The molecule has 0 aliphatic rings. The summed E-state index contributed by atoms with van der Waals surface area (Å²) in [7, 11) is 0. The van der Waals surface area contributed by atoms with Crippen LogP contribution in [0.25, 0.3) is 0 Å². The highest BCUT2D eigenvalue weighted by Crippen LogP contribution is 2.13. The number of aromatic nitrogens is 1. The van der Waals surface area contributed by atoms with Crippen LogP contribution in [0.1, 0.15) is 38.9 Å². The Balaban J connectivity index is 1.71. The summed E-state index contributed by atoms with van der Waals surface area (Å²) in [6, 6.07) is 19.4. The Morgan fingerprint density at radius 2 is 1.48 bits per heavy atom. The minimum atomic E-state index is -0.232. The van der Waals surface area contributed by atoms with Crippen molar-refractivity contribution >= 4 is 17.4 Å². The summed E-state index contributed by atoms with van der Waals surface area (Å²) < 4.78 is 0. The van der Waals surface area contributed by atoms with Gasteiger partial charge in [0.05, 0.1) is 11.9 Å². The first kappa shape index (κ1) is 16.6. The highest BCUT2D eigenvalue weighted by atomic mass is 16.1. The fourth-order valence-electron chi connectivity index (χ4n) is 2.44. The van der Waals surface area contributed by atoms with Gasteiger partial charge in [0.2, 0.25) is 0 Å². The van der Waals surface area contributed by atoms with Gasteiger partial charge < -0.3 is 5.32 Å². The van der Waals surface area contributed by atoms with Crippen molar-refractivity contribution in [1.29, 1.82) is 0 Å². The van der Waals surface area contributed by atoms with E-state index in [0.29, 0.717) is 22.4 Å². The normalized spacial score (nSPS) is 10.3.